The van der Waals surface area contributed by atoms with Crippen molar-refractivity contribution >= 4 is 62.1 Å². The Morgan fingerprint density at radius 2 is 1.40 bits per heavy atom. The number of H-pyrrole nitrogens is 2. The lowest BCUT2D eigenvalue weighted by molar-refractivity contribution is -0.392. The topological polar surface area (TPSA) is 174 Å². The van der Waals surface area contributed by atoms with Crippen LogP contribution in [0, 0.1) is 30.9 Å². The smallest absolute Gasteiger partial charge is 0.342 e. The summed E-state index contributed by atoms with van der Waals surface area (Å²) >= 11 is 0. The maximum Gasteiger partial charge on any atom is 0.342 e. The fraction of sp³-hybridized carbons (Fsp3) is 0.324. The number of carbonyl (C=O) groups excluding carboxylic acids is 2. The Balaban J connectivity index is 1.39. The van der Waals surface area contributed by atoms with E-state index in [1.165, 1.54) is 17.9 Å². The number of hydrogen-bond acceptors (Lipinski definition) is 8. The molecule has 0 saturated heterocycles. The summed E-state index contributed by atoms with van der Waals surface area (Å²) in [7, 11) is 1.38. The molecule has 6 heterocycles. The lowest BCUT2D eigenvalue weighted by Gasteiger charge is -2.08. The Labute approximate surface area is 288 Å². The van der Waals surface area contributed by atoms with Gasteiger partial charge in [0.25, 0.3) is 0 Å². The average molecular weight is 677 g/mol. The summed E-state index contributed by atoms with van der Waals surface area (Å²) < 4.78 is 6.41. The number of carbonyl (C=O) groups is 2. The van der Waals surface area contributed by atoms with Crippen molar-refractivity contribution in [2.24, 2.45) is 0 Å². The van der Waals surface area contributed by atoms with Gasteiger partial charge >= 0.3 is 11.8 Å². The lowest BCUT2D eigenvalue weighted by Crippen LogP contribution is -2.27. The number of rotatable bonds is 10. The van der Waals surface area contributed by atoms with E-state index in [1.807, 2.05) is 32.0 Å². The quantitative estimate of drug-likeness (QED) is 0.0939. The molecule has 13 heteroatoms. The summed E-state index contributed by atoms with van der Waals surface area (Å²) in [4.78, 5) is 57.3. The second-order valence-electron chi connectivity index (χ2n) is 12.7. The van der Waals surface area contributed by atoms with Gasteiger partial charge in [-0.25, -0.2) is 19.5 Å². The van der Waals surface area contributed by atoms with Crippen molar-refractivity contribution in [3.63, 3.8) is 0 Å². The van der Waals surface area contributed by atoms with Gasteiger partial charge in [0.1, 0.15) is 12.7 Å². The Kier molecular flexibility index (Phi) is 9.49. The highest BCUT2D eigenvalue weighted by Crippen LogP contribution is 2.37. The molecule has 0 fully saturated rings. The largest absolute Gasteiger partial charge is 0.469 e. The van der Waals surface area contributed by atoms with E-state index >= 15 is 0 Å². The molecule has 1 amide bonds. The fourth-order valence-electron chi connectivity index (χ4n) is 6.47. The van der Waals surface area contributed by atoms with Crippen LogP contribution in [0.2, 0.25) is 0 Å². The van der Waals surface area contributed by atoms with E-state index in [9.17, 15) is 19.7 Å². The molecule has 0 spiro atoms. The van der Waals surface area contributed by atoms with Gasteiger partial charge in [0, 0.05) is 41.8 Å². The number of fused-ring (bicyclic) bond motifs is 8. The van der Waals surface area contributed by atoms with Crippen LogP contribution < -0.4 is 5.32 Å². The van der Waals surface area contributed by atoms with Gasteiger partial charge in [0.2, 0.25) is 5.91 Å². The number of esters is 1. The average Bonchev–Trinajstić information content (AvgIpc) is 3.85. The highest BCUT2D eigenvalue weighted by atomic mass is 16.6. The minimum atomic E-state index is -0.483. The number of amides is 1. The third kappa shape index (κ3) is 6.98. The van der Waals surface area contributed by atoms with Crippen molar-refractivity contribution in [1.82, 2.24) is 34.8 Å². The Morgan fingerprint density at radius 3 is 2.02 bits per heavy atom. The van der Waals surface area contributed by atoms with E-state index in [-0.39, 0.29) is 43.6 Å². The van der Waals surface area contributed by atoms with Crippen LogP contribution in [0.4, 0.5) is 5.82 Å². The number of hydrogen-bond donors (Lipinski definition) is 3. The van der Waals surface area contributed by atoms with Crippen LogP contribution in [-0.4, -0.2) is 59.9 Å². The zero-order chi connectivity index (χ0) is 35.7. The van der Waals surface area contributed by atoms with E-state index < -0.39 is 4.92 Å². The van der Waals surface area contributed by atoms with E-state index in [2.05, 4.69) is 52.3 Å². The molecular formula is C37H40N8O5. The second-order valence-corrected chi connectivity index (χ2v) is 12.7. The number of methoxy groups -OCH3 is 1. The zero-order valence-corrected chi connectivity index (χ0v) is 29.1. The van der Waals surface area contributed by atoms with Gasteiger partial charge in [-0.1, -0.05) is 0 Å². The minimum absolute atomic E-state index is 0.112. The lowest BCUT2D eigenvalue weighted by atomic mass is 9.98. The summed E-state index contributed by atoms with van der Waals surface area (Å²) in [5.41, 5.74) is 12.7. The number of aromatic amines is 2. The molecule has 2 aliphatic heterocycles. The number of nitrogens with zero attached hydrogens (tertiary/aromatic N) is 5. The molecule has 2 aliphatic rings. The first-order valence-electron chi connectivity index (χ1n) is 16.5. The van der Waals surface area contributed by atoms with Crippen molar-refractivity contribution in [2.45, 2.75) is 66.8 Å². The van der Waals surface area contributed by atoms with Crippen LogP contribution in [0.25, 0.3) is 44.4 Å². The van der Waals surface area contributed by atoms with E-state index in [0.717, 1.165) is 66.9 Å². The normalized spacial score (nSPS) is 12.8. The van der Waals surface area contributed by atoms with Gasteiger partial charge in [-0.3, -0.25) is 9.59 Å². The molecule has 258 valence electrons. The maximum absolute atomic E-state index is 13.1. The predicted molar refractivity (Wildman–Crippen MR) is 193 cm³/mol. The number of allylic oxidation sites excluding steroid dienone is 4. The molecule has 0 atom stereocenters. The van der Waals surface area contributed by atoms with Gasteiger partial charge in [-0.15, -0.1) is 0 Å². The van der Waals surface area contributed by atoms with Gasteiger partial charge in [0.05, 0.1) is 36.4 Å². The molecule has 6 rings (SSSR count). The highest BCUT2D eigenvalue weighted by molar-refractivity contribution is 5.96. The highest BCUT2D eigenvalue weighted by Gasteiger charge is 2.23. The minimum Gasteiger partial charge on any atom is -0.469 e. The molecule has 13 nitrogen and oxygen atoms in total. The maximum atomic E-state index is 13.1. The SMILES string of the molecule is COC(=O)CCC1=C(C)c2cc3cc(C)c(cc4cc(C)c(cc5nc(cc1n2)C(CCC(=O)NCCn1c([N+](=O)[O-])cnc1C)=C5C)[nH]4)[nH]3. The molecule has 4 aromatic rings. The first kappa shape index (κ1) is 34.0. The third-order valence-corrected chi connectivity index (χ3v) is 9.36. The molecule has 50 heavy (non-hydrogen) atoms. The number of aromatic nitrogens is 6. The van der Waals surface area contributed by atoms with Crippen LogP contribution in [0.1, 0.15) is 79.3 Å². The number of nitrogens with one attached hydrogen (secondary N) is 3. The standard InChI is InChI=1S/C37H40N8O5/c1-20-13-26-16-31-22(3)28(8-10-37(47)50-6)34(42-31)18-33-27(7-9-35(46)38-11-12-44-24(5)39-19-36(44)45(48)49)23(4)32(43-33)17-30-21(2)14-25(41-30)15-29(20)40-26/h13-19,40-41H,7-12H2,1-6H3,(H,38,46). The Hall–Kier alpha value is -5.85. The summed E-state index contributed by atoms with van der Waals surface area (Å²) in [6.07, 6.45) is 2.48. The first-order chi connectivity index (χ1) is 23.9. The Morgan fingerprint density at radius 1 is 0.820 bits per heavy atom. The fourth-order valence-corrected chi connectivity index (χ4v) is 6.47. The van der Waals surface area contributed by atoms with Crippen LogP contribution in [0.5, 0.6) is 0 Å². The van der Waals surface area contributed by atoms with Gasteiger partial charge < -0.3 is 30.1 Å². The van der Waals surface area contributed by atoms with Crippen molar-refractivity contribution in [2.75, 3.05) is 13.7 Å². The first-order valence-corrected chi connectivity index (χ1v) is 16.5. The van der Waals surface area contributed by atoms with Gasteiger partial charge in [0.15, 0.2) is 5.82 Å². The number of aryl methyl sites for hydroxylation is 3. The molecular weight excluding hydrogens is 636 g/mol. The molecule has 0 aliphatic carbocycles. The molecule has 0 unspecified atom stereocenters. The molecule has 0 saturated carbocycles. The summed E-state index contributed by atoms with van der Waals surface area (Å²) in [5.74, 6) is -0.0866. The van der Waals surface area contributed by atoms with Gasteiger partial charge in [-0.05, 0) is 115 Å². The van der Waals surface area contributed by atoms with E-state index in [1.54, 1.807) is 6.92 Å². The third-order valence-electron chi connectivity index (χ3n) is 9.36. The van der Waals surface area contributed by atoms with E-state index in [4.69, 9.17) is 14.7 Å². The molecule has 0 aromatic carbocycles. The number of ether oxygens (including phenoxy) is 1. The van der Waals surface area contributed by atoms with Crippen LogP contribution in [0.15, 0.2) is 42.6 Å². The van der Waals surface area contributed by atoms with Crippen molar-refractivity contribution in [1.29, 1.82) is 0 Å². The predicted octanol–water partition coefficient (Wildman–Crippen LogP) is 6.76. The Bertz CT molecular complexity index is 2270. The second kappa shape index (κ2) is 13.9. The molecule has 0 radical (unpaired) electrons. The van der Waals surface area contributed by atoms with Crippen LogP contribution in [-0.2, 0) is 20.9 Å². The van der Waals surface area contributed by atoms with E-state index in [0.29, 0.717) is 30.1 Å². The van der Waals surface area contributed by atoms with Crippen molar-refractivity contribution in [3.05, 3.63) is 92.4 Å². The van der Waals surface area contributed by atoms with Crippen LogP contribution >= 0.6 is 0 Å². The van der Waals surface area contributed by atoms with Crippen molar-refractivity contribution < 1.29 is 19.2 Å². The monoisotopic (exact) mass is 676 g/mol. The summed E-state index contributed by atoms with van der Waals surface area (Å²) in [5, 5.41) is 14.2. The number of imidazole rings is 1. The summed E-state index contributed by atoms with van der Waals surface area (Å²) in [6, 6.07) is 12.3. The number of nitro groups is 1. The van der Waals surface area contributed by atoms with Gasteiger partial charge in [-0.2, -0.15) is 0 Å². The molecule has 8 bridgehead atoms. The summed E-state index contributed by atoms with van der Waals surface area (Å²) in [6.45, 7) is 10.3. The zero-order valence-electron chi connectivity index (χ0n) is 29.1. The van der Waals surface area contributed by atoms with Crippen LogP contribution in [0.3, 0.4) is 0 Å². The molecule has 4 aromatic heterocycles. The molecule has 3 N–H and O–H groups in total. The van der Waals surface area contributed by atoms with Crippen molar-refractivity contribution in [3.8, 4) is 0 Å².